The van der Waals surface area contributed by atoms with Crippen molar-refractivity contribution in [1.29, 1.82) is 0 Å². The summed E-state index contributed by atoms with van der Waals surface area (Å²) in [6.45, 7) is 5.72. The van der Waals surface area contributed by atoms with Crippen LogP contribution in [0.4, 0.5) is 9.52 Å². The predicted octanol–water partition coefficient (Wildman–Crippen LogP) is 5.22. The van der Waals surface area contributed by atoms with Gasteiger partial charge in [0, 0.05) is 24.2 Å². The molecular weight excluding hydrogens is 515 g/mol. The largest absolute Gasteiger partial charge is 0.375 e. The fourth-order valence-corrected chi connectivity index (χ4v) is 5.47. The molecule has 37 heavy (non-hydrogen) atoms. The molecule has 8 nitrogen and oxygen atoms in total. The van der Waals surface area contributed by atoms with Gasteiger partial charge in [0.1, 0.15) is 22.7 Å². The normalized spacial score (nSPS) is 11.5. The van der Waals surface area contributed by atoms with Crippen molar-refractivity contribution in [2.24, 2.45) is 0 Å². The maximum absolute atomic E-state index is 15.7. The number of carbonyl (C=O) groups is 1. The summed E-state index contributed by atoms with van der Waals surface area (Å²) in [6, 6.07) is 8.24. The van der Waals surface area contributed by atoms with E-state index in [0.29, 0.717) is 27.6 Å². The third-order valence-electron chi connectivity index (χ3n) is 6.11. The number of aromatic nitrogens is 4. The second-order valence-electron chi connectivity index (χ2n) is 8.82. The van der Waals surface area contributed by atoms with Crippen LogP contribution in [0.3, 0.4) is 0 Å². The smallest absolute Gasteiger partial charge is 0.271 e. The number of nitrogen functional groups attached to an aromatic ring is 1. The summed E-state index contributed by atoms with van der Waals surface area (Å²) in [5.74, 6) is -1.44. The summed E-state index contributed by atoms with van der Waals surface area (Å²) in [6.07, 6.45) is 1.66. The average Bonchev–Trinajstić information content (AvgIpc) is 3.25. The number of anilines is 1. The van der Waals surface area contributed by atoms with Crippen molar-refractivity contribution in [3.8, 4) is 16.9 Å². The number of thiazole rings is 1. The highest BCUT2D eigenvalue weighted by molar-refractivity contribution is 7.22. The molecule has 0 spiro atoms. The summed E-state index contributed by atoms with van der Waals surface area (Å²) in [4.78, 5) is 40.2. The van der Waals surface area contributed by atoms with Crippen LogP contribution in [0.15, 0.2) is 41.3 Å². The maximum Gasteiger partial charge on any atom is 0.271 e. The van der Waals surface area contributed by atoms with Gasteiger partial charge in [0.15, 0.2) is 5.13 Å². The summed E-state index contributed by atoms with van der Waals surface area (Å²) < 4.78 is 17.8. The minimum Gasteiger partial charge on any atom is -0.375 e. The quantitative estimate of drug-likeness (QED) is 0.325. The highest BCUT2D eigenvalue weighted by Gasteiger charge is 2.27. The zero-order chi connectivity index (χ0) is 26.6. The van der Waals surface area contributed by atoms with Crippen molar-refractivity contribution in [3.05, 3.63) is 74.5 Å². The van der Waals surface area contributed by atoms with Gasteiger partial charge in [-0.05, 0) is 36.6 Å². The number of rotatable bonds is 4. The lowest BCUT2D eigenvalue weighted by molar-refractivity contribution is 0.0961. The monoisotopic (exact) mass is 536 g/mol. The van der Waals surface area contributed by atoms with Crippen molar-refractivity contribution in [1.82, 2.24) is 24.8 Å². The molecule has 0 aliphatic rings. The van der Waals surface area contributed by atoms with Gasteiger partial charge < -0.3 is 11.1 Å². The van der Waals surface area contributed by atoms with Crippen molar-refractivity contribution in [2.75, 3.05) is 12.8 Å². The number of pyridine rings is 3. The zero-order valence-corrected chi connectivity index (χ0v) is 22.0. The van der Waals surface area contributed by atoms with E-state index in [2.05, 4.69) is 20.3 Å². The van der Waals surface area contributed by atoms with Crippen molar-refractivity contribution >= 4 is 55.2 Å². The van der Waals surface area contributed by atoms with Crippen LogP contribution < -0.4 is 16.6 Å². The average molecular weight is 537 g/mol. The van der Waals surface area contributed by atoms with E-state index in [1.807, 2.05) is 26.8 Å². The summed E-state index contributed by atoms with van der Waals surface area (Å²) in [5, 5.41) is 2.72. The van der Waals surface area contributed by atoms with Crippen molar-refractivity contribution < 1.29 is 9.18 Å². The Balaban J connectivity index is 1.98. The number of nitrogens with one attached hydrogen (secondary N) is 1. The number of hydrogen-bond donors (Lipinski definition) is 2. The highest BCUT2D eigenvalue weighted by Crippen LogP contribution is 2.36. The highest BCUT2D eigenvalue weighted by atomic mass is 35.5. The van der Waals surface area contributed by atoms with Gasteiger partial charge in [-0.3, -0.25) is 19.1 Å². The topological polar surface area (TPSA) is 116 Å². The van der Waals surface area contributed by atoms with E-state index < -0.39 is 17.3 Å². The number of aryl methyl sites for hydroxylation is 1. The Kier molecular flexibility index (Phi) is 6.17. The lowest BCUT2D eigenvalue weighted by atomic mass is 10.0. The molecule has 11 heteroatoms. The van der Waals surface area contributed by atoms with Crippen molar-refractivity contribution in [3.63, 3.8) is 0 Å². The Labute approximate surface area is 220 Å². The van der Waals surface area contributed by atoms with Crippen LogP contribution in [0.25, 0.3) is 38.2 Å². The van der Waals surface area contributed by atoms with Gasteiger partial charge in [0.25, 0.3) is 11.5 Å². The second kappa shape index (κ2) is 9.20. The second-order valence-corrected chi connectivity index (χ2v) is 10.3. The van der Waals surface area contributed by atoms with E-state index in [4.69, 9.17) is 17.3 Å². The van der Waals surface area contributed by atoms with Crippen molar-refractivity contribution in [2.45, 2.75) is 26.7 Å². The molecule has 5 aromatic rings. The number of halogens is 2. The molecule has 0 fully saturated rings. The summed E-state index contributed by atoms with van der Waals surface area (Å²) >= 11 is 7.84. The number of fused-ring (bicyclic) bond motifs is 2. The van der Waals surface area contributed by atoms with Gasteiger partial charge in [-0.25, -0.2) is 14.4 Å². The van der Waals surface area contributed by atoms with Crippen LogP contribution >= 0.6 is 22.9 Å². The molecule has 0 radical (unpaired) electrons. The fraction of sp³-hybridized carbons (Fsp3) is 0.192. The molecule has 0 aliphatic heterocycles. The molecular formula is C26H22ClFN6O2S. The minimum atomic E-state index is -0.689. The summed E-state index contributed by atoms with van der Waals surface area (Å²) in [5.41, 5.74) is 7.73. The lowest BCUT2D eigenvalue weighted by Gasteiger charge is -2.20. The standard InChI is InChI=1S/C26H22ClFN6O2S/c1-11(2)19-22(12(3)8-9-31-19)34-23-14(18(27)17(25(34)36)24(35)30-4)10-15(28)20(32-23)13-6-5-7-16-21(13)33-26(29)37-16/h5-11H,1-4H3,(H2,29,33)(H,30,35). The van der Waals surface area contributed by atoms with Crippen LogP contribution in [0, 0.1) is 12.7 Å². The van der Waals surface area contributed by atoms with Gasteiger partial charge >= 0.3 is 0 Å². The Morgan fingerprint density at radius 3 is 2.70 bits per heavy atom. The van der Waals surface area contributed by atoms with Crippen LogP contribution in [0.2, 0.25) is 5.02 Å². The number of amides is 1. The van der Waals surface area contributed by atoms with Crippen LogP contribution in [0.5, 0.6) is 0 Å². The van der Waals surface area contributed by atoms with E-state index in [1.54, 1.807) is 24.4 Å². The third kappa shape index (κ3) is 3.93. The van der Waals surface area contributed by atoms with Crippen LogP contribution in [-0.2, 0) is 0 Å². The van der Waals surface area contributed by atoms with E-state index in [1.165, 1.54) is 29.0 Å². The molecule has 4 aromatic heterocycles. The zero-order valence-electron chi connectivity index (χ0n) is 20.4. The number of carbonyl (C=O) groups excluding carboxylic acids is 1. The van der Waals surface area contributed by atoms with Gasteiger partial charge in [-0.2, -0.15) is 0 Å². The Bertz CT molecular complexity index is 1800. The molecule has 1 amide bonds. The molecule has 5 rings (SSSR count). The minimum absolute atomic E-state index is 0.0204. The molecule has 0 aliphatic carbocycles. The van der Waals surface area contributed by atoms with E-state index >= 15 is 4.39 Å². The number of nitrogens with two attached hydrogens (primary N) is 1. The van der Waals surface area contributed by atoms with Gasteiger partial charge in [0.2, 0.25) is 0 Å². The number of hydrogen-bond acceptors (Lipinski definition) is 7. The first-order valence-corrected chi connectivity index (χ1v) is 12.6. The Hall–Kier alpha value is -3.89. The van der Waals surface area contributed by atoms with E-state index in [-0.39, 0.29) is 33.2 Å². The van der Waals surface area contributed by atoms with Gasteiger partial charge in [0.05, 0.1) is 26.6 Å². The number of nitrogens with zero attached hydrogens (tertiary/aromatic N) is 4. The molecule has 3 N–H and O–H groups in total. The maximum atomic E-state index is 15.7. The SMILES string of the molecule is CNC(=O)c1c(Cl)c2cc(F)c(-c3cccc4sc(N)nc34)nc2n(-c2c(C)ccnc2C(C)C)c1=O. The molecule has 0 saturated heterocycles. The molecule has 188 valence electrons. The van der Waals surface area contributed by atoms with Gasteiger partial charge in [-0.1, -0.05) is 48.9 Å². The summed E-state index contributed by atoms with van der Waals surface area (Å²) in [7, 11) is 1.39. The molecule has 0 unspecified atom stereocenters. The fourth-order valence-electron chi connectivity index (χ4n) is 4.41. The lowest BCUT2D eigenvalue weighted by Crippen LogP contribution is -2.33. The molecule has 0 atom stereocenters. The number of para-hydroxylation sites is 1. The van der Waals surface area contributed by atoms with E-state index in [9.17, 15) is 9.59 Å². The van der Waals surface area contributed by atoms with Crippen LogP contribution in [0.1, 0.15) is 41.4 Å². The molecule has 1 aromatic carbocycles. The Morgan fingerprint density at radius 2 is 2.00 bits per heavy atom. The first-order chi connectivity index (χ1) is 17.6. The molecule has 0 saturated carbocycles. The van der Waals surface area contributed by atoms with E-state index in [0.717, 1.165) is 10.3 Å². The predicted molar refractivity (Wildman–Crippen MR) is 145 cm³/mol. The molecule has 0 bridgehead atoms. The number of benzene rings is 1. The van der Waals surface area contributed by atoms with Crippen LogP contribution in [-0.4, -0.2) is 32.5 Å². The molecule has 4 heterocycles. The first kappa shape index (κ1) is 24.8. The first-order valence-electron chi connectivity index (χ1n) is 11.4. The van der Waals surface area contributed by atoms with Gasteiger partial charge in [-0.15, -0.1) is 0 Å². The Morgan fingerprint density at radius 1 is 1.24 bits per heavy atom. The third-order valence-corrected chi connectivity index (χ3v) is 7.35.